The number of nitrogens with zero attached hydrogens (tertiary/aromatic N) is 1. The van der Waals surface area contributed by atoms with Crippen LogP contribution in [0.3, 0.4) is 0 Å². The first kappa shape index (κ1) is 15.1. The fraction of sp³-hybridized carbons (Fsp3) is 0.353. The maximum atomic E-state index is 14.1. The van der Waals surface area contributed by atoms with Gasteiger partial charge in [0, 0.05) is 11.4 Å². The molecule has 1 aliphatic rings. The summed E-state index contributed by atoms with van der Waals surface area (Å²) in [6, 6.07) is 11.1. The Morgan fingerprint density at radius 3 is 2.55 bits per heavy atom. The molecule has 0 radical (unpaired) electrons. The first-order valence-electron chi connectivity index (χ1n) is 7.24. The van der Waals surface area contributed by atoms with Gasteiger partial charge < -0.3 is 14.0 Å². The predicted octanol–water partition coefficient (Wildman–Crippen LogP) is 3.97. The van der Waals surface area contributed by atoms with E-state index < -0.39 is 18.1 Å². The molecule has 0 bridgehead atoms. The third-order valence-corrected chi connectivity index (χ3v) is 8.15. The molecule has 4 nitrogen and oxygen atoms in total. The van der Waals surface area contributed by atoms with Crippen LogP contribution in [-0.2, 0) is 4.57 Å². The second-order valence-electron chi connectivity index (χ2n) is 6.36. The highest BCUT2D eigenvalue weighted by atomic mass is 31.2. The lowest BCUT2D eigenvalue weighted by molar-refractivity contribution is 0.285. The van der Waals surface area contributed by atoms with Crippen molar-refractivity contribution in [2.75, 3.05) is 7.11 Å². The van der Waals surface area contributed by atoms with E-state index >= 15 is 0 Å². The molecular weight excluding hydrogens is 297 g/mol. The summed E-state index contributed by atoms with van der Waals surface area (Å²) in [6.45, 7) is 5.94. The van der Waals surface area contributed by atoms with Crippen molar-refractivity contribution in [1.29, 1.82) is 0 Å². The highest BCUT2D eigenvalue weighted by Gasteiger charge is 2.55. The van der Waals surface area contributed by atoms with Crippen LogP contribution in [0.4, 0.5) is 0 Å². The molecule has 2 atom stereocenters. The Hall–Kier alpha value is -1.80. The highest BCUT2D eigenvalue weighted by molar-refractivity contribution is 7.74. The molecule has 0 N–H and O–H groups in total. The zero-order chi connectivity index (χ0) is 16.0. The quantitative estimate of drug-likeness (QED) is 0.786. The first-order chi connectivity index (χ1) is 10.4. The number of ether oxygens (including phenoxy) is 2. The summed E-state index contributed by atoms with van der Waals surface area (Å²) in [4.78, 5) is 4.37. The number of hydrogen-bond acceptors (Lipinski definition) is 4. The number of methoxy groups -OCH3 is 1. The Bertz CT molecular complexity index is 737. The van der Waals surface area contributed by atoms with E-state index in [1.807, 2.05) is 57.2 Å². The minimum atomic E-state index is -2.94. The molecule has 1 aliphatic heterocycles. The van der Waals surface area contributed by atoms with Crippen molar-refractivity contribution in [3.05, 3.63) is 48.3 Å². The Morgan fingerprint density at radius 1 is 1.18 bits per heavy atom. The van der Waals surface area contributed by atoms with Crippen LogP contribution in [0.15, 0.2) is 42.6 Å². The zero-order valence-electron chi connectivity index (χ0n) is 13.2. The van der Waals surface area contributed by atoms with Crippen molar-refractivity contribution in [3.63, 3.8) is 0 Å². The minimum absolute atomic E-state index is 0.463. The molecule has 1 aromatic heterocycles. The second-order valence-corrected chi connectivity index (χ2v) is 9.93. The average molecular weight is 317 g/mol. The molecule has 2 heterocycles. The lowest BCUT2D eigenvalue weighted by Crippen LogP contribution is -2.25. The maximum absolute atomic E-state index is 14.1. The van der Waals surface area contributed by atoms with Crippen molar-refractivity contribution >= 4 is 12.4 Å². The van der Waals surface area contributed by atoms with Gasteiger partial charge in [-0.3, -0.25) is 4.98 Å². The van der Waals surface area contributed by atoms with Crippen LogP contribution in [0.2, 0.25) is 0 Å². The second kappa shape index (κ2) is 5.13. The SMILES string of the molecule is COc1cccc2c1[P@@](=O)(C(C)(C)C)[C@H](c1ccccn1)O2. The van der Waals surface area contributed by atoms with Gasteiger partial charge in [0.15, 0.2) is 13.0 Å². The van der Waals surface area contributed by atoms with Crippen molar-refractivity contribution in [2.24, 2.45) is 0 Å². The van der Waals surface area contributed by atoms with Gasteiger partial charge in [-0.15, -0.1) is 0 Å². The van der Waals surface area contributed by atoms with Crippen molar-refractivity contribution in [1.82, 2.24) is 4.98 Å². The maximum Gasteiger partial charge on any atom is 0.197 e. The number of hydrogen-bond donors (Lipinski definition) is 0. The lowest BCUT2D eigenvalue weighted by Gasteiger charge is -2.31. The van der Waals surface area contributed by atoms with E-state index in [1.165, 1.54) is 0 Å². The molecule has 0 saturated carbocycles. The van der Waals surface area contributed by atoms with Crippen LogP contribution in [0.25, 0.3) is 0 Å². The molecule has 0 unspecified atom stereocenters. The smallest absolute Gasteiger partial charge is 0.197 e. The van der Waals surface area contributed by atoms with Gasteiger partial charge in [0.25, 0.3) is 0 Å². The summed E-state index contributed by atoms with van der Waals surface area (Å²) in [5, 5.41) is 0.232. The fourth-order valence-corrected chi connectivity index (χ4v) is 6.20. The summed E-state index contributed by atoms with van der Waals surface area (Å²) in [6.07, 6.45) is 1.70. The molecule has 3 rings (SSSR count). The number of fused-ring (bicyclic) bond motifs is 1. The lowest BCUT2D eigenvalue weighted by atomic mass is 10.3. The van der Waals surface area contributed by atoms with Crippen LogP contribution < -0.4 is 14.8 Å². The Kier molecular flexibility index (Phi) is 3.53. The third kappa shape index (κ3) is 2.05. The normalized spacial score (nSPS) is 23.7. The Labute approximate surface area is 130 Å². The average Bonchev–Trinajstić information content (AvgIpc) is 2.82. The molecule has 22 heavy (non-hydrogen) atoms. The summed E-state index contributed by atoms with van der Waals surface area (Å²) < 4.78 is 25.7. The molecule has 116 valence electrons. The Balaban J connectivity index is 2.27. The standard InChI is InChI=1S/C17H20NO3P/c1-17(2,3)22(19)15-13(20-4)9-7-10-14(15)21-16(22)12-8-5-6-11-18-12/h5-11,16H,1-4H3/t16-,22+/m1/s1. The van der Waals surface area contributed by atoms with Crippen LogP contribution in [0.1, 0.15) is 32.3 Å². The number of rotatable bonds is 2. The van der Waals surface area contributed by atoms with Gasteiger partial charge in [0.2, 0.25) is 0 Å². The van der Waals surface area contributed by atoms with E-state index in [2.05, 4.69) is 4.98 Å². The Morgan fingerprint density at radius 2 is 1.95 bits per heavy atom. The number of benzene rings is 1. The number of aromatic nitrogens is 1. The van der Waals surface area contributed by atoms with Gasteiger partial charge in [-0.05, 0) is 24.3 Å². The van der Waals surface area contributed by atoms with Gasteiger partial charge in [0.05, 0.1) is 18.1 Å². The van der Waals surface area contributed by atoms with Crippen LogP contribution >= 0.6 is 7.14 Å². The van der Waals surface area contributed by atoms with Crippen molar-refractivity contribution < 1.29 is 14.0 Å². The molecule has 0 fully saturated rings. The van der Waals surface area contributed by atoms with Crippen molar-refractivity contribution in [3.8, 4) is 11.5 Å². The van der Waals surface area contributed by atoms with Crippen molar-refractivity contribution in [2.45, 2.75) is 31.8 Å². The van der Waals surface area contributed by atoms with E-state index in [9.17, 15) is 4.57 Å². The summed E-state index contributed by atoms with van der Waals surface area (Å²) in [5.41, 5.74) is 0.694. The molecular formula is C17H20NO3P. The molecule has 5 heteroatoms. The van der Waals surface area contributed by atoms with Crippen LogP contribution in [-0.4, -0.2) is 17.2 Å². The first-order valence-corrected chi connectivity index (χ1v) is 9.02. The fourth-order valence-electron chi connectivity index (χ4n) is 2.86. The van der Waals surface area contributed by atoms with Gasteiger partial charge in [0.1, 0.15) is 11.5 Å². The van der Waals surface area contributed by atoms with Gasteiger partial charge in [-0.25, -0.2) is 0 Å². The molecule has 1 aromatic carbocycles. The van der Waals surface area contributed by atoms with Gasteiger partial charge in [-0.2, -0.15) is 0 Å². The predicted molar refractivity (Wildman–Crippen MR) is 87.6 cm³/mol. The molecule has 0 saturated heterocycles. The minimum Gasteiger partial charge on any atom is -0.496 e. The van der Waals surface area contributed by atoms with Gasteiger partial charge >= 0.3 is 0 Å². The molecule has 0 amide bonds. The largest absolute Gasteiger partial charge is 0.496 e. The summed E-state index contributed by atoms with van der Waals surface area (Å²) in [7, 11) is -1.35. The summed E-state index contributed by atoms with van der Waals surface area (Å²) >= 11 is 0. The third-order valence-electron chi connectivity index (χ3n) is 4.02. The van der Waals surface area contributed by atoms with E-state index in [0.29, 0.717) is 22.5 Å². The highest BCUT2D eigenvalue weighted by Crippen LogP contribution is 2.72. The van der Waals surface area contributed by atoms with E-state index in [4.69, 9.17) is 9.47 Å². The molecule has 0 aliphatic carbocycles. The summed E-state index contributed by atoms with van der Waals surface area (Å²) in [5.74, 6) is 0.683. The van der Waals surface area contributed by atoms with Crippen LogP contribution in [0, 0.1) is 0 Å². The van der Waals surface area contributed by atoms with E-state index in [0.717, 1.165) is 0 Å². The van der Waals surface area contributed by atoms with Gasteiger partial charge in [-0.1, -0.05) is 32.9 Å². The molecule has 2 aromatic rings. The van der Waals surface area contributed by atoms with Crippen LogP contribution in [0.5, 0.6) is 11.5 Å². The van der Waals surface area contributed by atoms with E-state index in [1.54, 1.807) is 13.3 Å². The zero-order valence-corrected chi connectivity index (χ0v) is 14.1. The topological polar surface area (TPSA) is 48.4 Å². The molecule has 0 spiro atoms. The van der Waals surface area contributed by atoms with E-state index in [-0.39, 0.29) is 0 Å². The monoisotopic (exact) mass is 317 g/mol. The number of pyridine rings is 1.